The van der Waals surface area contributed by atoms with E-state index in [-0.39, 0.29) is 39.6 Å². The molecule has 1 aliphatic carbocycles. The summed E-state index contributed by atoms with van der Waals surface area (Å²) in [7, 11) is 1.44. The topological polar surface area (TPSA) is 80.7 Å². The average Bonchev–Trinajstić information content (AvgIpc) is 2.62. The van der Waals surface area contributed by atoms with Crippen molar-refractivity contribution < 1.29 is 24.2 Å². The molecule has 0 saturated heterocycles. The van der Waals surface area contributed by atoms with E-state index in [9.17, 15) is 19.5 Å². The Morgan fingerprint density at radius 3 is 2.48 bits per heavy atom. The number of carbonyl (C=O) groups is 3. The fourth-order valence-corrected chi connectivity index (χ4v) is 3.10. The molecule has 0 amide bonds. The molecule has 25 heavy (non-hydrogen) atoms. The number of carbonyl (C=O) groups excluding carboxylic acids is 3. The van der Waals surface area contributed by atoms with Crippen molar-refractivity contribution in [3.05, 3.63) is 58.1 Å². The summed E-state index contributed by atoms with van der Waals surface area (Å²) in [5, 5.41) is 10.3. The molecule has 0 bridgehead atoms. The summed E-state index contributed by atoms with van der Waals surface area (Å²) in [5.41, 5.74) is 1.25. The van der Waals surface area contributed by atoms with Crippen LogP contribution in [0.1, 0.15) is 57.2 Å². The molecule has 0 unspecified atom stereocenters. The monoisotopic (exact) mass is 338 g/mol. The van der Waals surface area contributed by atoms with Crippen molar-refractivity contribution in [2.75, 3.05) is 7.11 Å². The van der Waals surface area contributed by atoms with Gasteiger partial charge in [0.15, 0.2) is 11.6 Å². The number of rotatable bonds is 5. The molecule has 0 heterocycles. The number of Topliss-reactive ketones (excluding diaryl/α,β-unsaturated/α-hetero) is 1. The Morgan fingerprint density at radius 1 is 1.08 bits per heavy atom. The van der Waals surface area contributed by atoms with E-state index in [0.717, 1.165) is 0 Å². The first-order chi connectivity index (χ1) is 12.0. The maximum atomic E-state index is 12.9. The summed E-state index contributed by atoms with van der Waals surface area (Å²) >= 11 is 0. The molecule has 5 heteroatoms. The van der Waals surface area contributed by atoms with Crippen LogP contribution in [0, 0.1) is 0 Å². The van der Waals surface area contributed by atoms with E-state index in [4.69, 9.17) is 4.74 Å². The van der Waals surface area contributed by atoms with Crippen LogP contribution in [-0.4, -0.2) is 29.6 Å². The Hall–Kier alpha value is -2.95. The molecule has 2 aromatic rings. The van der Waals surface area contributed by atoms with Gasteiger partial charge in [0.2, 0.25) is 0 Å². The third-order valence-electron chi connectivity index (χ3n) is 4.45. The second kappa shape index (κ2) is 6.51. The van der Waals surface area contributed by atoms with Gasteiger partial charge in [-0.2, -0.15) is 0 Å². The molecule has 0 spiro atoms. The van der Waals surface area contributed by atoms with Crippen LogP contribution in [-0.2, 0) is 11.2 Å². The molecule has 1 aliphatic rings. The second-order valence-electron chi connectivity index (χ2n) is 5.97. The molecular weight excluding hydrogens is 320 g/mol. The van der Waals surface area contributed by atoms with Gasteiger partial charge in [-0.05, 0) is 30.2 Å². The van der Waals surface area contributed by atoms with Crippen LogP contribution in [0.4, 0.5) is 0 Å². The molecule has 5 nitrogen and oxygen atoms in total. The zero-order valence-electron chi connectivity index (χ0n) is 14.1. The summed E-state index contributed by atoms with van der Waals surface area (Å²) in [6.45, 7) is 1.79. The van der Waals surface area contributed by atoms with E-state index >= 15 is 0 Å². The predicted molar refractivity (Wildman–Crippen MR) is 91.6 cm³/mol. The Balaban J connectivity index is 2.10. The van der Waals surface area contributed by atoms with Crippen LogP contribution in [0.25, 0.3) is 0 Å². The highest BCUT2D eigenvalue weighted by molar-refractivity contribution is 6.30. The Labute approximate surface area is 145 Å². The van der Waals surface area contributed by atoms with Gasteiger partial charge >= 0.3 is 0 Å². The third-order valence-corrected chi connectivity index (χ3v) is 4.45. The number of phenolic OH excluding ortho intramolecular Hbond substituents is 1. The van der Waals surface area contributed by atoms with Gasteiger partial charge in [0.25, 0.3) is 0 Å². The van der Waals surface area contributed by atoms with E-state index in [1.807, 2.05) is 0 Å². The number of ketones is 3. The lowest BCUT2D eigenvalue weighted by atomic mass is 9.82. The fraction of sp³-hybridized carbons (Fsp3) is 0.250. The maximum absolute atomic E-state index is 12.9. The molecule has 0 radical (unpaired) electrons. The largest absolute Gasteiger partial charge is 0.507 e. The van der Waals surface area contributed by atoms with Gasteiger partial charge in [0, 0.05) is 24.0 Å². The molecule has 0 aliphatic heterocycles. The smallest absolute Gasteiger partial charge is 0.198 e. The second-order valence-corrected chi connectivity index (χ2v) is 5.97. The highest BCUT2D eigenvalue weighted by Gasteiger charge is 2.34. The van der Waals surface area contributed by atoms with E-state index < -0.39 is 5.78 Å². The van der Waals surface area contributed by atoms with Crippen LogP contribution in [0.3, 0.4) is 0 Å². The first-order valence-corrected chi connectivity index (χ1v) is 8.11. The van der Waals surface area contributed by atoms with Crippen LogP contribution >= 0.6 is 0 Å². The average molecular weight is 338 g/mol. The Kier molecular flexibility index (Phi) is 4.40. The number of benzene rings is 2. The molecule has 0 aromatic heterocycles. The number of methoxy groups -OCH3 is 1. The summed E-state index contributed by atoms with van der Waals surface area (Å²) < 4.78 is 5.22. The number of phenols is 1. The van der Waals surface area contributed by atoms with Gasteiger partial charge in [-0.1, -0.05) is 19.1 Å². The van der Waals surface area contributed by atoms with Gasteiger partial charge < -0.3 is 9.84 Å². The number of hydrogen-bond donors (Lipinski definition) is 1. The molecule has 128 valence electrons. The van der Waals surface area contributed by atoms with E-state index in [1.54, 1.807) is 31.2 Å². The highest BCUT2D eigenvalue weighted by Crippen LogP contribution is 2.37. The minimum absolute atomic E-state index is 0.0105. The molecule has 0 atom stereocenters. The summed E-state index contributed by atoms with van der Waals surface area (Å²) in [5.74, 6) is -0.569. The first kappa shape index (κ1) is 16.9. The van der Waals surface area contributed by atoms with Crippen molar-refractivity contribution >= 4 is 17.3 Å². The lowest BCUT2D eigenvalue weighted by Gasteiger charge is -2.21. The van der Waals surface area contributed by atoms with Crippen molar-refractivity contribution in [3.63, 3.8) is 0 Å². The summed E-state index contributed by atoms with van der Waals surface area (Å²) in [4.78, 5) is 37.2. The van der Waals surface area contributed by atoms with Crippen LogP contribution in [0.2, 0.25) is 0 Å². The maximum Gasteiger partial charge on any atom is 0.198 e. The number of ether oxygens (including phenoxy) is 1. The normalized spacial score (nSPS) is 12.6. The molecule has 2 aromatic carbocycles. The van der Waals surface area contributed by atoms with Crippen molar-refractivity contribution in [2.45, 2.75) is 26.2 Å². The standard InChI is InChI=1S/C20H18O5/c1-3-12(21)8-7-11-9-14-17(15(22)10-11)19(23)13-5-4-6-16(25-2)18(13)20(14)24/h4-6,9-10,22H,3,7-8H2,1-2H3. The lowest BCUT2D eigenvalue weighted by Crippen LogP contribution is -2.22. The summed E-state index contributed by atoms with van der Waals surface area (Å²) in [6.07, 6.45) is 1.18. The minimum atomic E-state index is -0.405. The van der Waals surface area contributed by atoms with E-state index in [1.165, 1.54) is 13.2 Å². The van der Waals surface area contributed by atoms with Crippen LogP contribution < -0.4 is 4.74 Å². The van der Waals surface area contributed by atoms with E-state index in [0.29, 0.717) is 30.6 Å². The quantitative estimate of drug-likeness (QED) is 0.773. The van der Waals surface area contributed by atoms with Crippen molar-refractivity contribution in [1.82, 2.24) is 0 Å². The zero-order chi connectivity index (χ0) is 18.1. The first-order valence-electron chi connectivity index (χ1n) is 8.11. The molecule has 3 rings (SSSR count). The molecule has 0 saturated carbocycles. The van der Waals surface area contributed by atoms with Crippen molar-refractivity contribution in [3.8, 4) is 11.5 Å². The zero-order valence-corrected chi connectivity index (χ0v) is 14.1. The highest BCUT2D eigenvalue weighted by atomic mass is 16.5. The number of aromatic hydroxyl groups is 1. The molecule has 1 N–H and O–H groups in total. The summed E-state index contributed by atoms with van der Waals surface area (Å²) in [6, 6.07) is 7.86. The lowest BCUT2D eigenvalue weighted by molar-refractivity contribution is -0.118. The van der Waals surface area contributed by atoms with Gasteiger partial charge in [-0.25, -0.2) is 0 Å². The van der Waals surface area contributed by atoms with Gasteiger partial charge in [0.1, 0.15) is 17.3 Å². The SMILES string of the molecule is CCC(=O)CCc1cc(O)c2c(c1)C(=O)c1c(OC)cccc1C2=O. The minimum Gasteiger partial charge on any atom is -0.507 e. The van der Waals surface area contributed by atoms with E-state index in [2.05, 4.69) is 0 Å². The number of aryl methyl sites for hydroxylation is 1. The molecular formula is C20H18O5. The number of fused-ring (bicyclic) bond motifs is 2. The van der Waals surface area contributed by atoms with Crippen LogP contribution in [0.15, 0.2) is 30.3 Å². The number of hydrogen-bond acceptors (Lipinski definition) is 5. The molecule has 0 fully saturated rings. The van der Waals surface area contributed by atoms with Gasteiger partial charge in [-0.15, -0.1) is 0 Å². The van der Waals surface area contributed by atoms with Crippen LogP contribution in [0.5, 0.6) is 11.5 Å². The van der Waals surface area contributed by atoms with Gasteiger partial charge in [0.05, 0.1) is 18.2 Å². The van der Waals surface area contributed by atoms with Crippen molar-refractivity contribution in [1.29, 1.82) is 0 Å². The Bertz CT molecular complexity index is 895. The fourth-order valence-electron chi connectivity index (χ4n) is 3.10. The predicted octanol–water partition coefficient (Wildman–Crippen LogP) is 3.09. The Morgan fingerprint density at radius 2 is 1.80 bits per heavy atom. The third kappa shape index (κ3) is 2.82. The van der Waals surface area contributed by atoms with Gasteiger partial charge in [-0.3, -0.25) is 14.4 Å². The van der Waals surface area contributed by atoms with Crippen molar-refractivity contribution in [2.24, 2.45) is 0 Å².